The first-order valence-electron chi connectivity index (χ1n) is 15.1. The van der Waals surface area contributed by atoms with Crippen molar-refractivity contribution in [2.75, 3.05) is 24.7 Å². The molecule has 0 aliphatic carbocycles. The maximum Gasteiger partial charge on any atom is 0.312 e. The highest BCUT2D eigenvalue weighted by atomic mass is 16.6. The Labute approximate surface area is 244 Å². The van der Waals surface area contributed by atoms with E-state index < -0.39 is 41.1 Å². The lowest BCUT2D eigenvalue weighted by molar-refractivity contribution is -0.162. The summed E-state index contributed by atoms with van der Waals surface area (Å²) < 4.78 is 12.6. The first-order chi connectivity index (χ1) is 19.7. The van der Waals surface area contributed by atoms with E-state index in [1.54, 1.807) is 11.0 Å². The first-order valence-corrected chi connectivity index (χ1v) is 15.1. The molecule has 1 N–H and O–H groups in total. The number of unbranched alkanes of at least 4 members (excludes halogenated alkanes) is 2. The van der Waals surface area contributed by atoms with Crippen LogP contribution in [0.4, 0.5) is 5.69 Å². The van der Waals surface area contributed by atoms with Crippen molar-refractivity contribution >= 4 is 23.5 Å². The molecule has 3 aliphatic rings. The highest BCUT2D eigenvalue weighted by Gasteiger charge is 2.79. The van der Waals surface area contributed by atoms with E-state index in [9.17, 15) is 19.5 Å². The quantitative estimate of drug-likeness (QED) is 0.200. The Morgan fingerprint density at radius 2 is 1.98 bits per heavy atom. The van der Waals surface area contributed by atoms with Gasteiger partial charge >= 0.3 is 5.97 Å². The van der Waals surface area contributed by atoms with Gasteiger partial charge in [-0.05, 0) is 76.0 Å². The lowest BCUT2D eigenvalue weighted by Crippen LogP contribution is -2.59. The molecule has 3 fully saturated rings. The van der Waals surface area contributed by atoms with Crippen LogP contribution in [0.15, 0.2) is 43.5 Å². The number of aliphatic hydroxyl groups excluding tert-OH is 1. The van der Waals surface area contributed by atoms with Gasteiger partial charge in [0.2, 0.25) is 5.91 Å². The third-order valence-corrected chi connectivity index (χ3v) is 9.46. The fourth-order valence-electron chi connectivity index (χ4n) is 7.35. The third-order valence-electron chi connectivity index (χ3n) is 9.46. The first kappa shape index (κ1) is 31.0. The Balaban J connectivity index is 1.78. The second kappa shape index (κ2) is 12.5. The van der Waals surface area contributed by atoms with Crippen LogP contribution in [0.25, 0.3) is 0 Å². The number of carbonyl (C=O) groups excluding carboxylic acids is 3. The largest absolute Gasteiger partial charge is 0.465 e. The number of ether oxygens (including phenoxy) is 2. The molecule has 0 saturated carbocycles. The van der Waals surface area contributed by atoms with Gasteiger partial charge in [-0.15, -0.1) is 13.2 Å². The van der Waals surface area contributed by atoms with E-state index in [-0.39, 0.29) is 31.6 Å². The van der Waals surface area contributed by atoms with Gasteiger partial charge in [0, 0.05) is 12.2 Å². The van der Waals surface area contributed by atoms with Crippen LogP contribution in [-0.4, -0.2) is 70.8 Å². The number of anilines is 1. The summed E-state index contributed by atoms with van der Waals surface area (Å²) in [5, 5.41) is 10.4. The number of aliphatic hydroxyl groups is 1. The number of benzene rings is 1. The monoisotopic (exact) mass is 566 g/mol. The van der Waals surface area contributed by atoms with Gasteiger partial charge in [0.05, 0.1) is 30.8 Å². The second-order valence-corrected chi connectivity index (χ2v) is 11.8. The summed E-state index contributed by atoms with van der Waals surface area (Å²) in [5.41, 5.74) is 0.615. The molecule has 0 radical (unpaired) electrons. The molecular formula is C33H46N2O6. The van der Waals surface area contributed by atoms with Crippen molar-refractivity contribution in [3.63, 3.8) is 0 Å². The number of hydrogen-bond acceptors (Lipinski definition) is 6. The standard InChI is InChI=1S/C33H46N2O6/c1-7-11-12-13-19-40-31(39)27-26-29(37)35(24(9-3)21-36)28(33(26)17-16-32(27,10-4)41-33)30(38)34(18-8-2)25-20-22(5)14-15-23(25)6/h7-8,14-15,20,24,26-28,36H,1-2,9-13,16-19,21H2,3-6H3/t24-,26-,27-,28?,32+,33?/m0/s1. The van der Waals surface area contributed by atoms with Crippen molar-refractivity contribution in [3.8, 4) is 0 Å². The Morgan fingerprint density at radius 3 is 2.61 bits per heavy atom. The van der Waals surface area contributed by atoms with Gasteiger partial charge in [-0.3, -0.25) is 14.4 Å². The van der Waals surface area contributed by atoms with E-state index in [4.69, 9.17) is 9.47 Å². The Kier molecular flexibility index (Phi) is 9.44. The van der Waals surface area contributed by atoms with Crippen LogP contribution in [0.3, 0.4) is 0 Å². The lowest BCUT2D eigenvalue weighted by atomic mass is 9.65. The highest BCUT2D eigenvalue weighted by Crippen LogP contribution is 2.65. The minimum Gasteiger partial charge on any atom is -0.465 e. The second-order valence-electron chi connectivity index (χ2n) is 11.8. The van der Waals surface area contributed by atoms with Crippen LogP contribution in [-0.2, 0) is 23.9 Å². The zero-order valence-corrected chi connectivity index (χ0v) is 25.1. The van der Waals surface area contributed by atoms with Crippen LogP contribution in [0.5, 0.6) is 0 Å². The van der Waals surface area contributed by atoms with Gasteiger partial charge in [-0.1, -0.05) is 38.1 Å². The summed E-state index contributed by atoms with van der Waals surface area (Å²) in [6.07, 6.45) is 7.93. The maximum absolute atomic E-state index is 14.8. The molecule has 6 atom stereocenters. The van der Waals surface area contributed by atoms with E-state index in [1.807, 2.05) is 52.0 Å². The minimum absolute atomic E-state index is 0.243. The average molecular weight is 567 g/mol. The number of carbonyl (C=O) groups is 3. The van der Waals surface area contributed by atoms with E-state index in [0.717, 1.165) is 29.7 Å². The fraction of sp³-hybridized carbons (Fsp3) is 0.606. The summed E-state index contributed by atoms with van der Waals surface area (Å²) in [6.45, 7) is 15.6. The Hall–Kier alpha value is -2.97. The predicted molar refractivity (Wildman–Crippen MR) is 158 cm³/mol. The highest BCUT2D eigenvalue weighted by molar-refractivity contribution is 6.05. The van der Waals surface area contributed by atoms with Gasteiger partial charge in [0.1, 0.15) is 17.6 Å². The van der Waals surface area contributed by atoms with Crippen molar-refractivity contribution in [1.82, 2.24) is 4.90 Å². The van der Waals surface area contributed by atoms with Gasteiger partial charge < -0.3 is 24.4 Å². The molecule has 4 rings (SSSR count). The number of amides is 2. The van der Waals surface area contributed by atoms with Crippen molar-refractivity contribution < 1.29 is 29.0 Å². The third kappa shape index (κ3) is 5.14. The minimum atomic E-state index is -1.18. The molecule has 2 amide bonds. The van der Waals surface area contributed by atoms with Gasteiger partial charge in [0.25, 0.3) is 5.91 Å². The molecule has 8 heteroatoms. The van der Waals surface area contributed by atoms with Gasteiger partial charge in [-0.25, -0.2) is 0 Å². The smallest absolute Gasteiger partial charge is 0.312 e. The summed E-state index contributed by atoms with van der Waals surface area (Å²) in [7, 11) is 0. The fourth-order valence-corrected chi connectivity index (χ4v) is 7.35. The molecule has 1 aromatic carbocycles. The zero-order chi connectivity index (χ0) is 29.9. The van der Waals surface area contributed by atoms with Crippen LogP contribution in [0.1, 0.15) is 69.9 Å². The summed E-state index contributed by atoms with van der Waals surface area (Å²) in [6, 6.07) is 4.35. The van der Waals surface area contributed by atoms with Crippen molar-refractivity contribution in [3.05, 3.63) is 54.6 Å². The molecule has 2 unspecified atom stereocenters. The van der Waals surface area contributed by atoms with Crippen molar-refractivity contribution in [2.45, 2.75) is 95.9 Å². The van der Waals surface area contributed by atoms with Crippen LogP contribution in [0.2, 0.25) is 0 Å². The number of likely N-dealkylation sites (tertiary alicyclic amines) is 1. The Bertz CT molecular complexity index is 1180. The van der Waals surface area contributed by atoms with E-state index in [2.05, 4.69) is 13.2 Å². The van der Waals surface area contributed by atoms with Crippen molar-refractivity contribution in [1.29, 1.82) is 0 Å². The molecule has 8 nitrogen and oxygen atoms in total. The summed E-state index contributed by atoms with van der Waals surface area (Å²) in [4.78, 5) is 46.1. The molecule has 3 aliphatic heterocycles. The number of nitrogens with zero attached hydrogens (tertiary/aromatic N) is 2. The van der Waals surface area contributed by atoms with Crippen LogP contribution >= 0.6 is 0 Å². The molecule has 0 aromatic heterocycles. The zero-order valence-electron chi connectivity index (χ0n) is 25.1. The molecule has 41 heavy (non-hydrogen) atoms. The topological polar surface area (TPSA) is 96.4 Å². The summed E-state index contributed by atoms with van der Waals surface area (Å²) in [5.74, 6) is -2.69. The van der Waals surface area contributed by atoms with Crippen molar-refractivity contribution in [2.24, 2.45) is 11.8 Å². The van der Waals surface area contributed by atoms with E-state index in [0.29, 0.717) is 32.1 Å². The van der Waals surface area contributed by atoms with Crippen LogP contribution in [0, 0.1) is 25.7 Å². The number of allylic oxidation sites excluding steroid dienone is 1. The normalized spacial score (nSPS) is 28.9. The van der Waals surface area contributed by atoms with Gasteiger partial charge in [0.15, 0.2) is 0 Å². The number of esters is 1. The van der Waals surface area contributed by atoms with Crippen LogP contribution < -0.4 is 4.90 Å². The molecule has 3 heterocycles. The molecular weight excluding hydrogens is 520 g/mol. The number of fused-ring (bicyclic) bond motifs is 1. The molecule has 1 spiro atoms. The van der Waals surface area contributed by atoms with E-state index >= 15 is 0 Å². The van der Waals surface area contributed by atoms with E-state index in [1.165, 1.54) is 4.90 Å². The predicted octanol–water partition coefficient (Wildman–Crippen LogP) is 4.65. The number of rotatable bonds is 14. The van der Waals surface area contributed by atoms with Gasteiger partial charge in [-0.2, -0.15) is 0 Å². The molecule has 224 valence electrons. The SMILES string of the molecule is C=CCCCCOC(=O)[C@@H]1[C@H]2C(=O)N([C@@H](CC)CO)C(C(=O)N(CC=C)c3cc(C)ccc3C)C23CC[C@@]1(CC)O3. The lowest BCUT2D eigenvalue weighted by Gasteiger charge is -2.39. The molecule has 2 bridgehead atoms. The molecule has 3 saturated heterocycles. The Morgan fingerprint density at radius 1 is 1.22 bits per heavy atom. The number of hydrogen-bond donors (Lipinski definition) is 1. The summed E-state index contributed by atoms with van der Waals surface area (Å²) >= 11 is 0. The number of aryl methyl sites for hydroxylation is 2. The average Bonchev–Trinajstić information content (AvgIpc) is 3.57. The molecule has 1 aromatic rings. The maximum atomic E-state index is 14.8.